The first-order chi connectivity index (χ1) is 8.34. The van der Waals surface area contributed by atoms with Crippen molar-refractivity contribution in [1.82, 2.24) is 25.3 Å². The number of amides is 1. The normalized spacial score (nSPS) is 22.5. The Bertz CT molecular complexity index is 379. The molecular formula is C11H17N5O. The standard InChI is InChI=1S/C11H17N5O/c17-11(9-5-13-14-6-9)16-3-1-15(2-4-16)10-7-12-8-10/h5-6,10,12H,1-4,7-8H2,(H,13,14). The number of rotatable bonds is 2. The Morgan fingerprint density at radius 2 is 2.06 bits per heavy atom. The molecule has 0 radical (unpaired) electrons. The predicted octanol–water partition coefficient (Wildman–Crippen LogP) is -0.861. The van der Waals surface area contributed by atoms with Crippen LogP contribution in [0.15, 0.2) is 12.4 Å². The van der Waals surface area contributed by atoms with Gasteiger partial charge in [0.2, 0.25) is 0 Å². The van der Waals surface area contributed by atoms with Crippen molar-refractivity contribution >= 4 is 5.91 Å². The number of nitrogens with one attached hydrogen (secondary N) is 2. The van der Waals surface area contributed by atoms with Gasteiger partial charge in [-0.15, -0.1) is 0 Å². The Balaban J connectivity index is 1.55. The van der Waals surface area contributed by atoms with Crippen LogP contribution in [0.1, 0.15) is 10.4 Å². The van der Waals surface area contributed by atoms with Gasteiger partial charge in [0.1, 0.15) is 0 Å². The van der Waals surface area contributed by atoms with Gasteiger partial charge in [0.25, 0.3) is 5.91 Å². The first kappa shape index (κ1) is 10.7. The number of carbonyl (C=O) groups is 1. The third-order valence-electron chi connectivity index (χ3n) is 3.62. The molecule has 0 saturated carbocycles. The molecule has 2 saturated heterocycles. The highest BCUT2D eigenvalue weighted by molar-refractivity contribution is 5.93. The number of hydrogen-bond donors (Lipinski definition) is 2. The molecule has 3 rings (SSSR count). The number of aromatic amines is 1. The molecule has 2 fully saturated rings. The highest BCUT2D eigenvalue weighted by atomic mass is 16.2. The van der Waals surface area contributed by atoms with Crippen LogP contribution >= 0.6 is 0 Å². The predicted molar refractivity (Wildman–Crippen MR) is 62.7 cm³/mol. The molecule has 6 nitrogen and oxygen atoms in total. The van der Waals surface area contributed by atoms with Gasteiger partial charge in [-0.25, -0.2) is 0 Å². The van der Waals surface area contributed by atoms with E-state index in [4.69, 9.17) is 0 Å². The number of aromatic nitrogens is 2. The second-order valence-electron chi connectivity index (χ2n) is 4.63. The monoisotopic (exact) mass is 235 g/mol. The van der Waals surface area contributed by atoms with E-state index in [0.29, 0.717) is 11.6 Å². The topological polar surface area (TPSA) is 64.3 Å². The summed E-state index contributed by atoms with van der Waals surface area (Å²) in [6.07, 6.45) is 3.25. The van der Waals surface area contributed by atoms with E-state index < -0.39 is 0 Å². The first-order valence-corrected chi connectivity index (χ1v) is 6.07. The minimum atomic E-state index is 0.0881. The van der Waals surface area contributed by atoms with Crippen molar-refractivity contribution in [2.45, 2.75) is 6.04 Å². The largest absolute Gasteiger partial charge is 0.336 e. The minimum Gasteiger partial charge on any atom is -0.336 e. The molecule has 92 valence electrons. The van der Waals surface area contributed by atoms with Crippen molar-refractivity contribution in [3.05, 3.63) is 18.0 Å². The lowest BCUT2D eigenvalue weighted by atomic mass is 10.1. The van der Waals surface area contributed by atoms with Crippen molar-refractivity contribution in [3.8, 4) is 0 Å². The van der Waals surface area contributed by atoms with E-state index in [1.165, 1.54) is 0 Å². The summed E-state index contributed by atoms with van der Waals surface area (Å²) in [5.74, 6) is 0.0881. The number of carbonyl (C=O) groups excluding carboxylic acids is 1. The van der Waals surface area contributed by atoms with Crippen LogP contribution in [0.3, 0.4) is 0 Å². The van der Waals surface area contributed by atoms with E-state index in [-0.39, 0.29) is 5.91 Å². The van der Waals surface area contributed by atoms with Gasteiger partial charge in [-0.05, 0) is 0 Å². The molecule has 0 spiro atoms. The molecular weight excluding hydrogens is 218 g/mol. The highest BCUT2D eigenvalue weighted by Gasteiger charge is 2.29. The average molecular weight is 235 g/mol. The van der Waals surface area contributed by atoms with E-state index in [2.05, 4.69) is 20.4 Å². The molecule has 2 aliphatic rings. The van der Waals surface area contributed by atoms with Crippen LogP contribution in [-0.2, 0) is 0 Å². The summed E-state index contributed by atoms with van der Waals surface area (Å²) < 4.78 is 0. The van der Waals surface area contributed by atoms with Gasteiger partial charge in [0.05, 0.1) is 11.8 Å². The van der Waals surface area contributed by atoms with Gasteiger partial charge in [-0.1, -0.05) is 0 Å². The number of piperazine rings is 1. The zero-order chi connectivity index (χ0) is 11.7. The van der Waals surface area contributed by atoms with Crippen molar-refractivity contribution < 1.29 is 4.79 Å². The van der Waals surface area contributed by atoms with Crippen LogP contribution in [0.4, 0.5) is 0 Å². The first-order valence-electron chi connectivity index (χ1n) is 6.07. The second-order valence-corrected chi connectivity index (χ2v) is 4.63. The lowest BCUT2D eigenvalue weighted by Gasteiger charge is -2.43. The summed E-state index contributed by atoms with van der Waals surface area (Å²) >= 11 is 0. The molecule has 0 aliphatic carbocycles. The summed E-state index contributed by atoms with van der Waals surface area (Å²) in [4.78, 5) is 16.4. The van der Waals surface area contributed by atoms with Gasteiger partial charge in [0, 0.05) is 51.5 Å². The maximum atomic E-state index is 12.1. The lowest BCUT2D eigenvalue weighted by molar-refractivity contribution is 0.0502. The van der Waals surface area contributed by atoms with Gasteiger partial charge in [0.15, 0.2) is 0 Å². The summed E-state index contributed by atoms with van der Waals surface area (Å²) in [6, 6.07) is 0.682. The molecule has 6 heteroatoms. The summed E-state index contributed by atoms with van der Waals surface area (Å²) in [7, 11) is 0. The van der Waals surface area contributed by atoms with E-state index in [0.717, 1.165) is 39.3 Å². The maximum absolute atomic E-state index is 12.1. The van der Waals surface area contributed by atoms with Crippen LogP contribution < -0.4 is 5.32 Å². The molecule has 1 aromatic heterocycles. The Hall–Kier alpha value is -1.40. The Labute approximate surface area is 100.0 Å². The quantitative estimate of drug-likeness (QED) is 0.700. The minimum absolute atomic E-state index is 0.0881. The van der Waals surface area contributed by atoms with Crippen LogP contribution in [0.5, 0.6) is 0 Å². The Morgan fingerprint density at radius 1 is 1.29 bits per heavy atom. The zero-order valence-electron chi connectivity index (χ0n) is 9.72. The smallest absolute Gasteiger partial charge is 0.257 e. The molecule has 2 aliphatic heterocycles. The fraction of sp³-hybridized carbons (Fsp3) is 0.636. The maximum Gasteiger partial charge on any atom is 0.257 e. The molecule has 0 bridgehead atoms. The van der Waals surface area contributed by atoms with Crippen LogP contribution in [-0.4, -0.2) is 71.2 Å². The third kappa shape index (κ3) is 2.05. The molecule has 1 aromatic rings. The van der Waals surface area contributed by atoms with E-state index >= 15 is 0 Å². The number of hydrogen-bond acceptors (Lipinski definition) is 4. The fourth-order valence-corrected chi connectivity index (χ4v) is 2.37. The number of nitrogens with zero attached hydrogens (tertiary/aromatic N) is 3. The average Bonchev–Trinajstić information content (AvgIpc) is 2.80. The molecule has 2 N–H and O–H groups in total. The summed E-state index contributed by atoms with van der Waals surface area (Å²) in [5, 5.41) is 9.77. The molecule has 3 heterocycles. The second kappa shape index (κ2) is 4.46. The van der Waals surface area contributed by atoms with E-state index in [1.807, 2.05) is 4.90 Å². The van der Waals surface area contributed by atoms with Crippen LogP contribution in [0, 0.1) is 0 Å². The third-order valence-corrected chi connectivity index (χ3v) is 3.62. The molecule has 0 atom stereocenters. The SMILES string of the molecule is O=C(c1cn[nH]c1)N1CCN(C2CNC2)CC1. The van der Waals surface area contributed by atoms with Crippen molar-refractivity contribution in [2.75, 3.05) is 39.3 Å². The molecule has 17 heavy (non-hydrogen) atoms. The molecule has 0 aromatic carbocycles. The fourth-order valence-electron chi connectivity index (χ4n) is 2.37. The van der Waals surface area contributed by atoms with Gasteiger partial charge < -0.3 is 10.2 Å². The Kier molecular flexibility index (Phi) is 2.82. The number of H-pyrrole nitrogens is 1. The Morgan fingerprint density at radius 3 is 2.59 bits per heavy atom. The van der Waals surface area contributed by atoms with Gasteiger partial charge >= 0.3 is 0 Å². The van der Waals surface area contributed by atoms with Crippen molar-refractivity contribution in [1.29, 1.82) is 0 Å². The summed E-state index contributed by atoms with van der Waals surface area (Å²) in [5.41, 5.74) is 0.656. The summed E-state index contributed by atoms with van der Waals surface area (Å²) in [6.45, 7) is 5.79. The van der Waals surface area contributed by atoms with Crippen molar-refractivity contribution in [3.63, 3.8) is 0 Å². The molecule has 1 amide bonds. The lowest BCUT2D eigenvalue weighted by Crippen LogP contribution is -2.62. The van der Waals surface area contributed by atoms with E-state index in [9.17, 15) is 4.79 Å². The highest BCUT2D eigenvalue weighted by Crippen LogP contribution is 2.11. The zero-order valence-corrected chi connectivity index (χ0v) is 9.72. The van der Waals surface area contributed by atoms with Crippen molar-refractivity contribution in [2.24, 2.45) is 0 Å². The van der Waals surface area contributed by atoms with Crippen LogP contribution in [0.25, 0.3) is 0 Å². The van der Waals surface area contributed by atoms with Gasteiger partial charge in [-0.2, -0.15) is 5.10 Å². The van der Waals surface area contributed by atoms with Crippen LogP contribution in [0.2, 0.25) is 0 Å². The van der Waals surface area contributed by atoms with Gasteiger partial charge in [-0.3, -0.25) is 14.8 Å². The molecule has 0 unspecified atom stereocenters. The van der Waals surface area contributed by atoms with E-state index in [1.54, 1.807) is 12.4 Å².